The molecule has 1 N–H and O–H groups in total. The second-order valence-electron chi connectivity index (χ2n) is 7.04. The number of esters is 1. The number of nitrogens with zero attached hydrogens (tertiary/aromatic N) is 4. The molecule has 0 bridgehead atoms. The molecule has 0 radical (unpaired) electrons. The first kappa shape index (κ1) is 20.6. The van der Waals surface area contributed by atoms with E-state index in [2.05, 4.69) is 20.5 Å². The molecule has 1 amide bonds. The number of rotatable bonds is 5. The monoisotopic (exact) mass is 447 g/mol. The van der Waals surface area contributed by atoms with Gasteiger partial charge in [-0.05, 0) is 45.6 Å². The molecule has 1 aliphatic carbocycles. The van der Waals surface area contributed by atoms with Crippen molar-refractivity contribution in [2.45, 2.75) is 52.5 Å². The van der Waals surface area contributed by atoms with Gasteiger partial charge in [0.2, 0.25) is 11.0 Å². The summed E-state index contributed by atoms with van der Waals surface area (Å²) in [5.74, 6) is -0.716. The average Bonchev–Trinajstić information content (AvgIpc) is 3.27. The molecule has 0 fully saturated rings. The number of aryl methyl sites for hydroxylation is 3. The van der Waals surface area contributed by atoms with Crippen molar-refractivity contribution >= 4 is 49.9 Å². The van der Waals surface area contributed by atoms with Gasteiger partial charge in [-0.3, -0.25) is 24.3 Å². The zero-order chi connectivity index (χ0) is 21.4. The Balaban J connectivity index is 1.73. The Hall–Kier alpha value is -2.66. The predicted octanol–water partition coefficient (Wildman–Crippen LogP) is 2.55. The molecule has 0 aliphatic heterocycles. The van der Waals surface area contributed by atoms with Crippen molar-refractivity contribution in [3.8, 4) is 0 Å². The van der Waals surface area contributed by atoms with Crippen molar-refractivity contribution in [2.75, 3.05) is 11.9 Å². The molecule has 4 rings (SSSR count). The van der Waals surface area contributed by atoms with Crippen LogP contribution in [0.25, 0.3) is 10.2 Å². The van der Waals surface area contributed by atoms with E-state index in [9.17, 15) is 14.4 Å². The predicted molar refractivity (Wildman–Crippen MR) is 114 cm³/mol. The highest BCUT2D eigenvalue weighted by molar-refractivity contribution is 7.18. The molecule has 1 atom stereocenters. The Bertz CT molecular complexity index is 1200. The Morgan fingerprint density at radius 3 is 2.77 bits per heavy atom. The number of ether oxygens (including phenoxy) is 1. The number of nitrogens with one attached hydrogen (secondary N) is 1. The molecule has 158 valence electrons. The number of hydrogen-bond donors (Lipinski definition) is 1. The van der Waals surface area contributed by atoms with Gasteiger partial charge in [0.1, 0.15) is 22.2 Å². The maximum atomic E-state index is 13.4. The van der Waals surface area contributed by atoms with Gasteiger partial charge in [0.25, 0.3) is 5.56 Å². The molecule has 0 saturated carbocycles. The van der Waals surface area contributed by atoms with Gasteiger partial charge < -0.3 is 4.74 Å². The van der Waals surface area contributed by atoms with Crippen LogP contribution < -0.4 is 10.9 Å². The van der Waals surface area contributed by atoms with Crippen LogP contribution in [0.3, 0.4) is 0 Å². The highest BCUT2D eigenvalue weighted by Gasteiger charge is 2.33. The fraction of sp³-hybridized carbons (Fsp3) is 0.474. The lowest BCUT2D eigenvalue weighted by Crippen LogP contribution is -2.31. The highest BCUT2D eigenvalue weighted by atomic mass is 32.1. The Kier molecular flexibility index (Phi) is 5.65. The summed E-state index contributed by atoms with van der Waals surface area (Å²) in [6, 6.07) is 0. The van der Waals surface area contributed by atoms with E-state index in [1.165, 1.54) is 27.2 Å². The largest absolute Gasteiger partial charge is 0.466 e. The van der Waals surface area contributed by atoms with E-state index in [0.717, 1.165) is 28.3 Å². The van der Waals surface area contributed by atoms with Crippen molar-refractivity contribution in [3.63, 3.8) is 0 Å². The van der Waals surface area contributed by atoms with Gasteiger partial charge in [-0.25, -0.2) is 4.98 Å². The molecular formula is C19H21N5O4S2. The maximum Gasteiger partial charge on any atom is 0.313 e. The minimum Gasteiger partial charge on any atom is -0.466 e. The second kappa shape index (κ2) is 8.23. The lowest BCUT2D eigenvalue weighted by Gasteiger charge is -2.21. The zero-order valence-electron chi connectivity index (χ0n) is 16.9. The number of thiophene rings is 1. The quantitative estimate of drug-likeness (QED) is 0.598. The van der Waals surface area contributed by atoms with Crippen molar-refractivity contribution in [1.29, 1.82) is 0 Å². The van der Waals surface area contributed by atoms with Crippen LogP contribution in [0.4, 0.5) is 5.13 Å². The van der Waals surface area contributed by atoms with E-state index in [4.69, 9.17) is 4.74 Å². The molecule has 30 heavy (non-hydrogen) atoms. The maximum absolute atomic E-state index is 13.4. The third kappa shape index (κ3) is 3.74. The fourth-order valence-corrected chi connectivity index (χ4v) is 5.65. The number of aromatic nitrogens is 4. The minimum atomic E-state index is -0.466. The normalized spacial score (nSPS) is 15.8. The van der Waals surface area contributed by atoms with Gasteiger partial charge in [-0.1, -0.05) is 11.3 Å². The van der Waals surface area contributed by atoms with E-state index in [0.29, 0.717) is 34.2 Å². The van der Waals surface area contributed by atoms with E-state index >= 15 is 0 Å². The topological polar surface area (TPSA) is 116 Å². The molecule has 3 heterocycles. The molecule has 3 aromatic heterocycles. The van der Waals surface area contributed by atoms with Crippen LogP contribution in [0.2, 0.25) is 0 Å². The van der Waals surface area contributed by atoms with Crippen LogP contribution >= 0.6 is 22.7 Å². The Labute approximate surface area is 180 Å². The summed E-state index contributed by atoms with van der Waals surface area (Å²) in [5, 5.41) is 11.9. The molecule has 1 unspecified atom stereocenters. The number of carbonyl (C=O) groups excluding carboxylic acids is 2. The summed E-state index contributed by atoms with van der Waals surface area (Å²) >= 11 is 2.71. The molecule has 0 spiro atoms. The van der Waals surface area contributed by atoms with Gasteiger partial charge >= 0.3 is 5.97 Å². The highest BCUT2D eigenvalue weighted by Crippen LogP contribution is 2.41. The first-order valence-electron chi connectivity index (χ1n) is 9.68. The summed E-state index contributed by atoms with van der Waals surface area (Å²) in [7, 11) is 0. The van der Waals surface area contributed by atoms with Crippen LogP contribution in [0, 0.1) is 13.8 Å². The summed E-state index contributed by atoms with van der Waals surface area (Å²) in [6.45, 7) is 5.36. The zero-order valence-corrected chi connectivity index (χ0v) is 18.5. The van der Waals surface area contributed by atoms with Crippen molar-refractivity contribution < 1.29 is 14.3 Å². The van der Waals surface area contributed by atoms with Crippen molar-refractivity contribution in [3.05, 3.63) is 31.6 Å². The molecular weight excluding hydrogens is 426 g/mol. The molecule has 3 aromatic rings. The summed E-state index contributed by atoms with van der Waals surface area (Å²) in [4.78, 5) is 44.6. The first-order valence-corrected chi connectivity index (χ1v) is 11.3. The van der Waals surface area contributed by atoms with Crippen LogP contribution in [-0.2, 0) is 27.3 Å². The minimum absolute atomic E-state index is 0.194. The van der Waals surface area contributed by atoms with E-state index in [1.54, 1.807) is 20.8 Å². The van der Waals surface area contributed by atoms with E-state index < -0.39 is 5.92 Å². The van der Waals surface area contributed by atoms with E-state index in [1.807, 2.05) is 0 Å². The average molecular weight is 448 g/mol. The molecule has 0 aromatic carbocycles. The van der Waals surface area contributed by atoms with Crippen molar-refractivity contribution in [2.24, 2.45) is 0 Å². The smallest absolute Gasteiger partial charge is 0.313 e. The molecule has 9 nitrogen and oxygen atoms in total. The standard InChI is InChI=1S/C19H21N5O4S2/c1-4-28-18(27)11-6-5-7-12-14(11)15-16(30-12)20-9(2)24(17(15)26)8-13(25)21-19-23-22-10(3)29-19/h11H,4-8H2,1-3H3,(H,21,23,25). The number of fused-ring (bicyclic) bond motifs is 3. The van der Waals surface area contributed by atoms with Crippen molar-refractivity contribution in [1.82, 2.24) is 19.7 Å². The second-order valence-corrected chi connectivity index (χ2v) is 9.31. The molecule has 0 saturated heterocycles. The van der Waals surface area contributed by atoms with Gasteiger partial charge in [0.05, 0.1) is 17.9 Å². The van der Waals surface area contributed by atoms with Gasteiger partial charge in [-0.15, -0.1) is 21.5 Å². The van der Waals surface area contributed by atoms with Crippen LogP contribution in [-0.4, -0.2) is 38.2 Å². The van der Waals surface area contributed by atoms with E-state index in [-0.39, 0.29) is 24.0 Å². The lowest BCUT2D eigenvalue weighted by atomic mass is 9.86. The lowest BCUT2D eigenvalue weighted by molar-refractivity contribution is -0.145. The SMILES string of the molecule is CCOC(=O)C1CCCc2sc3nc(C)n(CC(=O)Nc4nnc(C)s4)c(=O)c3c21. The van der Waals surface area contributed by atoms with Gasteiger partial charge in [0, 0.05) is 4.88 Å². The van der Waals surface area contributed by atoms with Gasteiger partial charge in [0.15, 0.2) is 0 Å². The summed E-state index contributed by atoms with van der Waals surface area (Å²) in [6.07, 6.45) is 2.31. The van der Waals surface area contributed by atoms with Crippen LogP contribution in [0.15, 0.2) is 4.79 Å². The first-order chi connectivity index (χ1) is 14.4. The van der Waals surface area contributed by atoms with Gasteiger partial charge in [-0.2, -0.15) is 0 Å². The third-order valence-corrected chi connectivity index (χ3v) is 6.92. The summed E-state index contributed by atoms with van der Waals surface area (Å²) in [5.41, 5.74) is 0.417. The number of hydrogen-bond acceptors (Lipinski definition) is 9. The Morgan fingerprint density at radius 2 is 2.07 bits per heavy atom. The van der Waals surface area contributed by atoms with Crippen LogP contribution in [0.5, 0.6) is 0 Å². The third-order valence-electron chi connectivity index (χ3n) is 5.01. The summed E-state index contributed by atoms with van der Waals surface area (Å²) < 4.78 is 6.59. The number of anilines is 1. The fourth-order valence-electron chi connectivity index (χ4n) is 3.73. The molecule has 1 aliphatic rings. The Morgan fingerprint density at radius 1 is 1.27 bits per heavy atom. The molecule has 11 heteroatoms. The number of carbonyl (C=O) groups is 2. The number of amides is 1. The van der Waals surface area contributed by atoms with Crippen LogP contribution in [0.1, 0.15) is 47.0 Å².